The Labute approximate surface area is 103 Å². The van der Waals surface area contributed by atoms with Crippen LogP contribution in [-0.4, -0.2) is 19.6 Å². The highest BCUT2D eigenvalue weighted by atomic mass is 16.3. The molecule has 1 aliphatic heterocycles. The molecule has 94 valence electrons. The summed E-state index contributed by atoms with van der Waals surface area (Å²) in [5, 5.41) is 6.98. The molecule has 1 aliphatic carbocycles. The van der Waals surface area contributed by atoms with E-state index in [9.17, 15) is 0 Å². The summed E-state index contributed by atoms with van der Waals surface area (Å²) in [6.45, 7) is 6.45. The quantitative estimate of drug-likeness (QED) is 0.837. The number of nitrogens with one attached hydrogen (secondary N) is 2. The van der Waals surface area contributed by atoms with Crippen LogP contribution in [0.25, 0.3) is 0 Å². The molecule has 2 aliphatic rings. The standard InChI is InChI=1S/C14H22N2O/c1-11-2-3-13(17-11)10-16-9-12-8-14(12)4-6-15-7-5-14/h2-3,12,15-16H,4-10H2,1H3. The van der Waals surface area contributed by atoms with Gasteiger partial charge in [-0.1, -0.05) is 0 Å². The van der Waals surface area contributed by atoms with Crippen LogP contribution in [0.4, 0.5) is 0 Å². The van der Waals surface area contributed by atoms with Crippen molar-refractivity contribution in [2.24, 2.45) is 11.3 Å². The summed E-state index contributed by atoms with van der Waals surface area (Å²) in [7, 11) is 0. The Hall–Kier alpha value is -0.800. The lowest BCUT2D eigenvalue weighted by Gasteiger charge is -2.23. The molecule has 3 heteroatoms. The fourth-order valence-corrected chi connectivity index (χ4v) is 3.21. The molecule has 1 saturated carbocycles. The molecule has 0 aromatic carbocycles. The highest BCUT2D eigenvalue weighted by Crippen LogP contribution is 2.58. The zero-order valence-corrected chi connectivity index (χ0v) is 10.6. The lowest BCUT2D eigenvalue weighted by Crippen LogP contribution is -2.31. The molecule has 0 bridgehead atoms. The molecule has 1 unspecified atom stereocenters. The first-order chi connectivity index (χ1) is 8.28. The van der Waals surface area contributed by atoms with Gasteiger partial charge in [-0.05, 0) is 69.3 Å². The van der Waals surface area contributed by atoms with Crippen molar-refractivity contribution in [2.45, 2.75) is 32.7 Å². The Kier molecular flexibility index (Phi) is 2.97. The minimum absolute atomic E-state index is 0.692. The van der Waals surface area contributed by atoms with Gasteiger partial charge in [-0.3, -0.25) is 0 Å². The van der Waals surface area contributed by atoms with E-state index >= 15 is 0 Å². The van der Waals surface area contributed by atoms with Gasteiger partial charge in [0.05, 0.1) is 6.54 Å². The number of furan rings is 1. The highest BCUT2D eigenvalue weighted by molar-refractivity contribution is 5.07. The second-order valence-corrected chi connectivity index (χ2v) is 5.66. The Morgan fingerprint density at radius 1 is 1.41 bits per heavy atom. The van der Waals surface area contributed by atoms with E-state index in [1.807, 2.05) is 13.0 Å². The predicted octanol–water partition coefficient (Wildman–Crippen LogP) is 2.07. The van der Waals surface area contributed by atoms with E-state index in [1.165, 1.54) is 32.4 Å². The van der Waals surface area contributed by atoms with Crippen LogP contribution < -0.4 is 10.6 Å². The minimum Gasteiger partial charge on any atom is -0.465 e. The number of aryl methyl sites for hydroxylation is 1. The Morgan fingerprint density at radius 2 is 2.24 bits per heavy atom. The second-order valence-electron chi connectivity index (χ2n) is 5.66. The van der Waals surface area contributed by atoms with E-state index in [2.05, 4.69) is 16.7 Å². The van der Waals surface area contributed by atoms with Gasteiger partial charge in [0, 0.05) is 0 Å². The smallest absolute Gasteiger partial charge is 0.117 e. The van der Waals surface area contributed by atoms with Gasteiger partial charge >= 0.3 is 0 Å². The number of hydrogen-bond donors (Lipinski definition) is 2. The topological polar surface area (TPSA) is 37.2 Å². The van der Waals surface area contributed by atoms with Crippen molar-refractivity contribution in [1.29, 1.82) is 0 Å². The molecule has 1 atom stereocenters. The third-order valence-corrected chi connectivity index (χ3v) is 4.44. The van der Waals surface area contributed by atoms with Crippen LogP contribution in [0.2, 0.25) is 0 Å². The average Bonchev–Trinajstić information content (AvgIpc) is 2.80. The van der Waals surface area contributed by atoms with Gasteiger partial charge in [0.25, 0.3) is 0 Å². The van der Waals surface area contributed by atoms with Crippen LogP contribution in [0.15, 0.2) is 16.5 Å². The van der Waals surface area contributed by atoms with Crippen molar-refractivity contribution in [2.75, 3.05) is 19.6 Å². The summed E-state index contributed by atoms with van der Waals surface area (Å²) in [6, 6.07) is 4.10. The normalized spacial score (nSPS) is 26.3. The molecule has 2 heterocycles. The van der Waals surface area contributed by atoms with Gasteiger partial charge < -0.3 is 15.1 Å². The fraction of sp³-hybridized carbons (Fsp3) is 0.714. The zero-order chi connectivity index (χ0) is 11.7. The van der Waals surface area contributed by atoms with Gasteiger partial charge in [0.2, 0.25) is 0 Å². The van der Waals surface area contributed by atoms with Gasteiger partial charge in [0.1, 0.15) is 11.5 Å². The molecule has 17 heavy (non-hydrogen) atoms. The Morgan fingerprint density at radius 3 is 2.94 bits per heavy atom. The van der Waals surface area contributed by atoms with Crippen LogP contribution in [0.5, 0.6) is 0 Å². The minimum atomic E-state index is 0.692. The predicted molar refractivity (Wildman–Crippen MR) is 67.8 cm³/mol. The zero-order valence-electron chi connectivity index (χ0n) is 10.6. The average molecular weight is 234 g/mol. The first-order valence-electron chi connectivity index (χ1n) is 6.75. The molecular formula is C14H22N2O. The van der Waals surface area contributed by atoms with Crippen molar-refractivity contribution in [3.63, 3.8) is 0 Å². The second kappa shape index (κ2) is 4.46. The summed E-state index contributed by atoms with van der Waals surface area (Å²) in [5.74, 6) is 2.96. The van der Waals surface area contributed by atoms with Crippen LogP contribution in [0, 0.1) is 18.3 Å². The fourth-order valence-electron chi connectivity index (χ4n) is 3.21. The van der Waals surface area contributed by atoms with Crippen molar-refractivity contribution >= 4 is 0 Å². The van der Waals surface area contributed by atoms with Crippen molar-refractivity contribution in [1.82, 2.24) is 10.6 Å². The van der Waals surface area contributed by atoms with E-state index in [0.29, 0.717) is 5.41 Å². The molecule has 0 radical (unpaired) electrons. The van der Waals surface area contributed by atoms with Crippen LogP contribution in [0.1, 0.15) is 30.8 Å². The molecule has 3 rings (SSSR count). The van der Waals surface area contributed by atoms with Crippen molar-refractivity contribution in [3.05, 3.63) is 23.7 Å². The third-order valence-electron chi connectivity index (χ3n) is 4.44. The number of hydrogen-bond acceptors (Lipinski definition) is 3. The molecule has 0 amide bonds. The molecule has 1 saturated heterocycles. The molecule has 2 fully saturated rings. The van der Waals surface area contributed by atoms with Crippen LogP contribution in [-0.2, 0) is 6.54 Å². The van der Waals surface area contributed by atoms with Gasteiger partial charge in [0.15, 0.2) is 0 Å². The van der Waals surface area contributed by atoms with Crippen LogP contribution >= 0.6 is 0 Å². The monoisotopic (exact) mass is 234 g/mol. The van der Waals surface area contributed by atoms with E-state index in [-0.39, 0.29) is 0 Å². The maximum atomic E-state index is 5.55. The molecule has 1 aromatic heterocycles. The van der Waals surface area contributed by atoms with E-state index in [1.54, 1.807) is 0 Å². The molecule has 2 N–H and O–H groups in total. The van der Waals surface area contributed by atoms with E-state index in [0.717, 1.165) is 30.5 Å². The SMILES string of the molecule is Cc1ccc(CNCC2CC23CCNCC3)o1. The van der Waals surface area contributed by atoms with Crippen LogP contribution in [0.3, 0.4) is 0 Å². The summed E-state index contributed by atoms with van der Waals surface area (Å²) < 4.78 is 5.55. The Bertz CT molecular complexity index is 379. The van der Waals surface area contributed by atoms with E-state index < -0.39 is 0 Å². The van der Waals surface area contributed by atoms with Crippen molar-refractivity contribution < 1.29 is 4.42 Å². The third kappa shape index (κ3) is 2.40. The first kappa shape index (κ1) is 11.3. The maximum Gasteiger partial charge on any atom is 0.117 e. The van der Waals surface area contributed by atoms with Gasteiger partial charge in [-0.25, -0.2) is 0 Å². The largest absolute Gasteiger partial charge is 0.465 e. The lowest BCUT2D eigenvalue weighted by molar-refractivity contribution is 0.317. The molecule has 1 aromatic rings. The lowest BCUT2D eigenvalue weighted by atomic mass is 9.92. The molecule has 3 nitrogen and oxygen atoms in total. The molecule has 1 spiro atoms. The van der Waals surface area contributed by atoms with Crippen molar-refractivity contribution in [3.8, 4) is 0 Å². The Balaban J connectivity index is 1.41. The summed E-state index contributed by atoms with van der Waals surface area (Å²) in [5.41, 5.74) is 0.692. The highest BCUT2D eigenvalue weighted by Gasteiger charge is 2.52. The number of piperidine rings is 1. The number of rotatable bonds is 4. The molecular weight excluding hydrogens is 212 g/mol. The van der Waals surface area contributed by atoms with E-state index in [4.69, 9.17) is 4.42 Å². The maximum absolute atomic E-state index is 5.55. The first-order valence-corrected chi connectivity index (χ1v) is 6.75. The van der Waals surface area contributed by atoms with Gasteiger partial charge in [-0.2, -0.15) is 0 Å². The summed E-state index contributed by atoms with van der Waals surface area (Å²) in [6.07, 6.45) is 4.18. The summed E-state index contributed by atoms with van der Waals surface area (Å²) in [4.78, 5) is 0. The van der Waals surface area contributed by atoms with Gasteiger partial charge in [-0.15, -0.1) is 0 Å². The summed E-state index contributed by atoms with van der Waals surface area (Å²) >= 11 is 0.